The van der Waals surface area contributed by atoms with Gasteiger partial charge in [0.15, 0.2) is 0 Å². The van der Waals surface area contributed by atoms with Gasteiger partial charge in [0.25, 0.3) is 0 Å². The summed E-state index contributed by atoms with van der Waals surface area (Å²) in [5.41, 5.74) is 2.31. The monoisotopic (exact) mass is 235 g/mol. The van der Waals surface area contributed by atoms with Gasteiger partial charge in [0.05, 0.1) is 6.54 Å². The van der Waals surface area contributed by atoms with E-state index in [4.69, 9.17) is 9.84 Å². The highest BCUT2D eigenvalue weighted by molar-refractivity contribution is 5.70. The first kappa shape index (κ1) is 11.9. The zero-order chi connectivity index (χ0) is 12.3. The minimum atomic E-state index is -0.285. The number of cyclic esters (lactones) is 1. The van der Waals surface area contributed by atoms with Gasteiger partial charge in [-0.25, -0.2) is 4.79 Å². The first-order valence-corrected chi connectivity index (χ1v) is 5.81. The molecule has 1 amide bonds. The van der Waals surface area contributed by atoms with Crippen LogP contribution in [0.25, 0.3) is 0 Å². The van der Waals surface area contributed by atoms with Crippen LogP contribution < -0.4 is 0 Å². The van der Waals surface area contributed by atoms with E-state index in [1.165, 1.54) is 5.56 Å². The Kier molecular flexibility index (Phi) is 3.64. The summed E-state index contributed by atoms with van der Waals surface area (Å²) in [5, 5.41) is 8.82. The van der Waals surface area contributed by atoms with E-state index in [1.807, 2.05) is 31.2 Å². The minimum Gasteiger partial charge on any atom is -0.444 e. The Morgan fingerprint density at radius 2 is 2.24 bits per heavy atom. The second kappa shape index (κ2) is 5.19. The maximum Gasteiger partial charge on any atom is 0.410 e. The van der Waals surface area contributed by atoms with Crippen molar-refractivity contribution in [1.82, 2.24) is 4.90 Å². The molecule has 1 aromatic carbocycles. The van der Waals surface area contributed by atoms with Crippen molar-refractivity contribution in [2.75, 3.05) is 13.2 Å². The topological polar surface area (TPSA) is 49.8 Å². The van der Waals surface area contributed by atoms with Crippen molar-refractivity contribution < 1.29 is 14.6 Å². The van der Waals surface area contributed by atoms with Gasteiger partial charge < -0.3 is 14.7 Å². The third kappa shape index (κ3) is 2.77. The number of carbonyl (C=O) groups is 1. The molecule has 0 spiro atoms. The van der Waals surface area contributed by atoms with E-state index in [9.17, 15) is 4.79 Å². The molecule has 1 heterocycles. The Hall–Kier alpha value is -1.55. The van der Waals surface area contributed by atoms with E-state index in [1.54, 1.807) is 4.90 Å². The van der Waals surface area contributed by atoms with E-state index >= 15 is 0 Å². The first-order chi connectivity index (χ1) is 8.20. The summed E-state index contributed by atoms with van der Waals surface area (Å²) in [4.78, 5) is 13.3. The number of ether oxygens (including phenoxy) is 1. The van der Waals surface area contributed by atoms with Gasteiger partial charge in [-0.15, -0.1) is 0 Å². The van der Waals surface area contributed by atoms with Crippen LogP contribution in [-0.4, -0.2) is 35.4 Å². The average Bonchev–Trinajstić information content (AvgIpc) is 2.63. The van der Waals surface area contributed by atoms with Crippen LogP contribution in [0.4, 0.5) is 4.79 Å². The Labute approximate surface area is 101 Å². The summed E-state index contributed by atoms with van der Waals surface area (Å²) in [6, 6.07) is 7.99. The number of hydrogen-bond donors (Lipinski definition) is 1. The molecule has 4 nitrogen and oxygen atoms in total. The molecule has 2 rings (SSSR count). The highest BCUT2D eigenvalue weighted by Gasteiger charge is 2.30. The van der Waals surface area contributed by atoms with Crippen LogP contribution in [0.3, 0.4) is 0 Å². The fraction of sp³-hybridized carbons (Fsp3) is 0.462. The molecule has 92 valence electrons. The number of rotatable bonds is 4. The Morgan fingerprint density at radius 3 is 2.94 bits per heavy atom. The number of carbonyl (C=O) groups excluding carboxylic acids is 1. The van der Waals surface area contributed by atoms with Gasteiger partial charge in [0.1, 0.15) is 6.10 Å². The van der Waals surface area contributed by atoms with Gasteiger partial charge in [0, 0.05) is 19.6 Å². The number of nitrogens with zero attached hydrogens (tertiary/aromatic N) is 1. The molecule has 4 heteroatoms. The van der Waals surface area contributed by atoms with E-state index in [0.717, 1.165) is 5.56 Å². The first-order valence-electron chi connectivity index (χ1n) is 5.81. The van der Waals surface area contributed by atoms with E-state index in [0.29, 0.717) is 19.5 Å². The van der Waals surface area contributed by atoms with Crippen molar-refractivity contribution in [3.05, 3.63) is 35.4 Å². The second-order valence-electron chi connectivity index (χ2n) is 4.33. The van der Waals surface area contributed by atoms with Crippen molar-refractivity contribution in [2.45, 2.75) is 26.0 Å². The summed E-state index contributed by atoms with van der Waals surface area (Å²) in [5.74, 6) is 0. The summed E-state index contributed by atoms with van der Waals surface area (Å²) in [6.07, 6.45) is 0.0546. The Morgan fingerprint density at radius 1 is 1.47 bits per heavy atom. The fourth-order valence-electron chi connectivity index (χ4n) is 1.99. The van der Waals surface area contributed by atoms with Crippen molar-refractivity contribution >= 4 is 6.09 Å². The Balaban J connectivity index is 2.00. The molecule has 0 aromatic heterocycles. The average molecular weight is 235 g/mol. The van der Waals surface area contributed by atoms with Gasteiger partial charge in [-0.1, -0.05) is 24.3 Å². The maximum atomic E-state index is 11.6. The highest BCUT2D eigenvalue weighted by Crippen LogP contribution is 2.18. The molecule has 0 bridgehead atoms. The standard InChI is InChI=1S/C13H17NO3/c1-10-4-2-3-5-11(10)8-14-9-12(6-7-15)17-13(14)16/h2-5,12,15H,6-9H2,1H3. The van der Waals surface area contributed by atoms with Crippen LogP contribution in [0.5, 0.6) is 0 Å². The molecule has 1 aromatic rings. The summed E-state index contributed by atoms with van der Waals surface area (Å²) < 4.78 is 5.15. The molecule has 1 aliphatic heterocycles. The van der Waals surface area contributed by atoms with Gasteiger partial charge >= 0.3 is 6.09 Å². The molecular weight excluding hydrogens is 218 g/mol. The van der Waals surface area contributed by atoms with Crippen LogP contribution in [0.2, 0.25) is 0 Å². The molecule has 1 unspecified atom stereocenters. The molecule has 0 aliphatic carbocycles. The Bertz CT molecular complexity index is 405. The number of amides is 1. The lowest BCUT2D eigenvalue weighted by atomic mass is 10.1. The molecule has 1 aliphatic rings. The smallest absolute Gasteiger partial charge is 0.410 e. The number of aliphatic hydroxyl groups is 1. The number of hydrogen-bond acceptors (Lipinski definition) is 3. The summed E-state index contributed by atoms with van der Waals surface area (Å²) in [6.45, 7) is 3.22. The third-order valence-corrected chi connectivity index (χ3v) is 3.02. The summed E-state index contributed by atoms with van der Waals surface area (Å²) >= 11 is 0. The van der Waals surface area contributed by atoms with E-state index in [2.05, 4.69) is 0 Å². The van der Waals surface area contributed by atoms with Crippen LogP contribution in [0, 0.1) is 6.92 Å². The molecule has 1 saturated heterocycles. The van der Waals surface area contributed by atoms with Crippen molar-refractivity contribution in [1.29, 1.82) is 0 Å². The molecule has 0 saturated carbocycles. The van der Waals surface area contributed by atoms with Crippen LogP contribution >= 0.6 is 0 Å². The zero-order valence-corrected chi connectivity index (χ0v) is 9.93. The number of aliphatic hydroxyl groups excluding tert-OH is 1. The third-order valence-electron chi connectivity index (χ3n) is 3.02. The molecule has 1 N–H and O–H groups in total. The van der Waals surface area contributed by atoms with Gasteiger partial charge in [0.2, 0.25) is 0 Å². The fourth-order valence-corrected chi connectivity index (χ4v) is 1.99. The van der Waals surface area contributed by atoms with E-state index in [-0.39, 0.29) is 18.8 Å². The van der Waals surface area contributed by atoms with Crippen LogP contribution in [0.15, 0.2) is 24.3 Å². The van der Waals surface area contributed by atoms with Crippen molar-refractivity contribution in [3.63, 3.8) is 0 Å². The molecule has 17 heavy (non-hydrogen) atoms. The van der Waals surface area contributed by atoms with Crippen LogP contribution in [0.1, 0.15) is 17.5 Å². The van der Waals surface area contributed by atoms with Crippen LogP contribution in [-0.2, 0) is 11.3 Å². The largest absolute Gasteiger partial charge is 0.444 e. The van der Waals surface area contributed by atoms with Gasteiger partial charge in [-0.05, 0) is 18.1 Å². The molecule has 0 radical (unpaired) electrons. The van der Waals surface area contributed by atoms with Gasteiger partial charge in [-0.3, -0.25) is 0 Å². The normalized spacial score (nSPS) is 19.5. The number of aryl methyl sites for hydroxylation is 1. The minimum absolute atomic E-state index is 0.0517. The maximum absolute atomic E-state index is 11.6. The molecule has 1 fully saturated rings. The second-order valence-corrected chi connectivity index (χ2v) is 4.33. The van der Waals surface area contributed by atoms with Gasteiger partial charge in [-0.2, -0.15) is 0 Å². The number of benzene rings is 1. The van der Waals surface area contributed by atoms with E-state index < -0.39 is 0 Å². The quantitative estimate of drug-likeness (QED) is 0.864. The summed E-state index contributed by atoms with van der Waals surface area (Å²) in [7, 11) is 0. The lowest BCUT2D eigenvalue weighted by molar-refractivity contribution is 0.117. The highest BCUT2D eigenvalue weighted by atomic mass is 16.6. The van der Waals surface area contributed by atoms with Crippen molar-refractivity contribution in [2.24, 2.45) is 0 Å². The molecular formula is C13H17NO3. The SMILES string of the molecule is Cc1ccccc1CN1CC(CCO)OC1=O. The zero-order valence-electron chi connectivity index (χ0n) is 9.93. The predicted molar refractivity (Wildman–Crippen MR) is 63.6 cm³/mol. The predicted octanol–water partition coefficient (Wildman–Crippen LogP) is 1.70. The lowest BCUT2D eigenvalue weighted by Crippen LogP contribution is -2.25. The lowest BCUT2D eigenvalue weighted by Gasteiger charge is -2.14. The van der Waals surface area contributed by atoms with Crippen molar-refractivity contribution in [3.8, 4) is 0 Å². The molecule has 1 atom stereocenters.